The second kappa shape index (κ2) is 2.60. The van der Waals surface area contributed by atoms with Crippen LogP contribution in [0.15, 0.2) is 12.3 Å². The number of nitrogens with zero attached hydrogens (tertiary/aromatic N) is 1. The second-order valence-corrected chi connectivity index (χ2v) is 2.86. The molecule has 0 aromatic carbocycles. The third kappa shape index (κ3) is 1.61. The predicted octanol–water partition coefficient (Wildman–Crippen LogP) is 2.13. The van der Waals surface area contributed by atoms with Gasteiger partial charge in [-0.15, -0.1) is 0 Å². The SMILES string of the molecule is Cc1cnc(I)cc1F. The zero-order chi connectivity index (χ0) is 6.85. The van der Waals surface area contributed by atoms with Crippen molar-refractivity contribution in [1.82, 2.24) is 4.98 Å². The first-order valence-electron chi connectivity index (χ1n) is 2.48. The predicted molar refractivity (Wildman–Crippen MR) is 41.6 cm³/mol. The Morgan fingerprint density at radius 2 is 2.33 bits per heavy atom. The van der Waals surface area contributed by atoms with Crippen molar-refractivity contribution in [3.63, 3.8) is 0 Å². The third-order valence-corrected chi connectivity index (χ3v) is 1.59. The summed E-state index contributed by atoms with van der Waals surface area (Å²) in [4.78, 5) is 3.89. The molecule has 0 aliphatic heterocycles. The van der Waals surface area contributed by atoms with E-state index in [4.69, 9.17) is 0 Å². The zero-order valence-corrected chi connectivity index (χ0v) is 7.02. The van der Waals surface area contributed by atoms with E-state index >= 15 is 0 Å². The zero-order valence-electron chi connectivity index (χ0n) is 4.86. The molecule has 0 amide bonds. The molecule has 0 aliphatic rings. The Morgan fingerprint density at radius 3 is 2.78 bits per heavy atom. The van der Waals surface area contributed by atoms with Gasteiger partial charge in [-0.1, -0.05) is 0 Å². The van der Waals surface area contributed by atoms with Crippen molar-refractivity contribution in [3.8, 4) is 0 Å². The summed E-state index contributed by atoms with van der Waals surface area (Å²) in [7, 11) is 0. The molecular weight excluding hydrogens is 232 g/mol. The lowest BCUT2D eigenvalue weighted by Crippen LogP contribution is -1.86. The first kappa shape index (κ1) is 6.92. The molecule has 0 atom stereocenters. The minimum atomic E-state index is -0.186. The van der Waals surface area contributed by atoms with E-state index < -0.39 is 0 Å². The fourth-order valence-electron chi connectivity index (χ4n) is 0.476. The maximum atomic E-state index is 12.5. The summed E-state index contributed by atoms with van der Waals surface area (Å²) in [6.45, 7) is 1.69. The van der Waals surface area contributed by atoms with Crippen molar-refractivity contribution >= 4 is 22.6 Å². The van der Waals surface area contributed by atoms with Gasteiger partial charge in [0.05, 0.1) is 0 Å². The summed E-state index contributed by atoms with van der Waals surface area (Å²) in [6.07, 6.45) is 1.52. The number of pyridine rings is 1. The molecule has 0 N–H and O–H groups in total. The van der Waals surface area contributed by atoms with Crippen LogP contribution in [0.5, 0.6) is 0 Å². The molecule has 0 spiro atoms. The van der Waals surface area contributed by atoms with Crippen molar-refractivity contribution in [2.75, 3.05) is 0 Å². The first-order valence-corrected chi connectivity index (χ1v) is 3.55. The van der Waals surface area contributed by atoms with Gasteiger partial charge in [-0.2, -0.15) is 0 Å². The van der Waals surface area contributed by atoms with Crippen LogP contribution in [0.4, 0.5) is 4.39 Å². The minimum absolute atomic E-state index is 0.186. The normalized spacial score (nSPS) is 9.67. The maximum Gasteiger partial charge on any atom is 0.130 e. The molecule has 1 rings (SSSR count). The van der Waals surface area contributed by atoms with Crippen LogP contribution in [0.2, 0.25) is 0 Å². The molecule has 1 heterocycles. The summed E-state index contributed by atoms with van der Waals surface area (Å²) in [5, 5.41) is 0. The van der Waals surface area contributed by atoms with E-state index in [1.165, 1.54) is 12.3 Å². The second-order valence-electron chi connectivity index (χ2n) is 1.76. The fourth-order valence-corrected chi connectivity index (χ4v) is 0.888. The van der Waals surface area contributed by atoms with Crippen LogP contribution in [-0.2, 0) is 0 Å². The van der Waals surface area contributed by atoms with Gasteiger partial charge in [-0.25, -0.2) is 9.37 Å². The van der Waals surface area contributed by atoms with Crippen LogP contribution in [0.25, 0.3) is 0 Å². The summed E-state index contributed by atoms with van der Waals surface area (Å²) in [5.41, 5.74) is 0.593. The third-order valence-electron chi connectivity index (χ3n) is 1.00. The van der Waals surface area contributed by atoms with Crippen molar-refractivity contribution in [3.05, 3.63) is 27.3 Å². The van der Waals surface area contributed by atoms with E-state index in [-0.39, 0.29) is 5.82 Å². The van der Waals surface area contributed by atoms with Crippen LogP contribution >= 0.6 is 22.6 Å². The monoisotopic (exact) mass is 237 g/mol. The Bertz CT molecular complexity index is 224. The Balaban J connectivity index is 3.17. The average molecular weight is 237 g/mol. The molecule has 1 aromatic heterocycles. The lowest BCUT2D eigenvalue weighted by atomic mass is 10.3. The van der Waals surface area contributed by atoms with Crippen molar-refractivity contribution < 1.29 is 4.39 Å². The van der Waals surface area contributed by atoms with E-state index in [0.29, 0.717) is 9.26 Å². The first-order chi connectivity index (χ1) is 4.20. The molecule has 0 aliphatic carbocycles. The Hall–Kier alpha value is -0.190. The van der Waals surface area contributed by atoms with Crippen molar-refractivity contribution in [2.45, 2.75) is 6.92 Å². The minimum Gasteiger partial charge on any atom is -0.250 e. The number of rotatable bonds is 0. The fraction of sp³-hybridized carbons (Fsp3) is 0.167. The van der Waals surface area contributed by atoms with Gasteiger partial charge in [0.25, 0.3) is 0 Å². The van der Waals surface area contributed by atoms with Crippen LogP contribution in [0.1, 0.15) is 5.56 Å². The van der Waals surface area contributed by atoms with E-state index in [9.17, 15) is 4.39 Å². The lowest BCUT2D eigenvalue weighted by Gasteiger charge is -1.92. The molecule has 0 saturated heterocycles. The molecule has 0 radical (unpaired) electrons. The van der Waals surface area contributed by atoms with Crippen LogP contribution < -0.4 is 0 Å². The number of aromatic nitrogens is 1. The van der Waals surface area contributed by atoms with Gasteiger partial charge >= 0.3 is 0 Å². The van der Waals surface area contributed by atoms with Crippen LogP contribution in [0, 0.1) is 16.4 Å². The highest BCUT2D eigenvalue weighted by atomic mass is 127. The van der Waals surface area contributed by atoms with Gasteiger partial charge in [0.1, 0.15) is 9.52 Å². The number of aryl methyl sites for hydroxylation is 1. The molecule has 48 valence electrons. The molecule has 1 aromatic rings. The van der Waals surface area contributed by atoms with E-state index in [1.807, 2.05) is 22.6 Å². The highest BCUT2D eigenvalue weighted by Gasteiger charge is 1.95. The molecule has 1 nitrogen and oxygen atoms in total. The van der Waals surface area contributed by atoms with Crippen LogP contribution in [0.3, 0.4) is 0 Å². The standard InChI is InChI=1S/C6H5FIN/c1-4-3-9-6(8)2-5(4)7/h2-3H,1H3. The van der Waals surface area contributed by atoms with Crippen molar-refractivity contribution in [1.29, 1.82) is 0 Å². The van der Waals surface area contributed by atoms with Gasteiger partial charge in [0.15, 0.2) is 0 Å². The van der Waals surface area contributed by atoms with Gasteiger partial charge < -0.3 is 0 Å². The molecule has 0 saturated carbocycles. The van der Waals surface area contributed by atoms with E-state index in [2.05, 4.69) is 4.98 Å². The summed E-state index contributed by atoms with van der Waals surface area (Å²) >= 11 is 1.97. The Labute approximate surface area is 66.4 Å². The quantitative estimate of drug-likeness (QED) is 0.497. The van der Waals surface area contributed by atoms with E-state index in [0.717, 1.165) is 0 Å². The topological polar surface area (TPSA) is 12.9 Å². The molecule has 9 heavy (non-hydrogen) atoms. The van der Waals surface area contributed by atoms with Gasteiger partial charge in [0.2, 0.25) is 0 Å². The molecule has 0 bridgehead atoms. The highest BCUT2D eigenvalue weighted by Crippen LogP contribution is 2.06. The number of halogens is 2. The molecular formula is C6H5FIN. The van der Waals surface area contributed by atoms with Gasteiger partial charge in [0, 0.05) is 17.8 Å². The van der Waals surface area contributed by atoms with Crippen LogP contribution in [-0.4, -0.2) is 4.98 Å². The molecule has 3 heteroatoms. The summed E-state index contributed by atoms with van der Waals surface area (Å²) in [6, 6.07) is 1.41. The smallest absolute Gasteiger partial charge is 0.130 e. The van der Waals surface area contributed by atoms with E-state index in [1.54, 1.807) is 6.92 Å². The van der Waals surface area contributed by atoms with Gasteiger partial charge in [-0.3, -0.25) is 0 Å². The average Bonchev–Trinajstić information content (AvgIpc) is 1.80. The highest BCUT2D eigenvalue weighted by molar-refractivity contribution is 14.1. The number of hydrogen-bond acceptors (Lipinski definition) is 1. The van der Waals surface area contributed by atoms with Gasteiger partial charge in [-0.05, 0) is 29.5 Å². The Kier molecular flexibility index (Phi) is 2.00. The summed E-state index contributed by atoms with van der Waals surface area (Å²) in [5.74, 6) is -0.186. The largest absolute Gasteiger partial charge is 0.250 e. The summed E-state index contributed by atoms with van der Waals surface area (Å²) < 4.78 is 13.2. The van der Waals surface area contributed by atoms with Crippen molar-refractivity contribution in [2.24, 2.45) is 0 Å². The maximum absolute atomic E-state index is 12.5. The number of hydrogen-bond donors (Lipinski definition) is 0. The molecule has 0 unspecified atom stereocenters. The lowest BCUT2D eigenvalue weighted by molar-refractivity contribution is 0.614. The molecule has 0 fully saturated rings. The Morgan fingerprint density at radius 1 is 1.67 bits per heavy atom.